The lowest BCUT2D eigenvalue weighted by Crippen LogP contribution is -2.44. The maximum absolute atomic E-state index is 11.8. The van der Waals surface area contributed by atoms with Crippen molar-refractivity contribution in [2.24, 2.45) is 16.3 Å². The van der Waals surface area contributed by atoms with Crippen molar-refractivity contribution in [1.82, 2.24) is 16.0 Å². The van der Waals surface area contributed by atoms with E-state index in [-0.39, 0.29) is 35.3 Å². The van der Waals surface area contributed by atoms with Crippen LogP contribution in [0.3, 0.4) is 0 Å². The third-order valence-corrected chi connectivity index (χ3v) is 4.64. The van der Waals surface area contributed by atoms with Gasteiger partial charge in [0.1, 0.15) is 0 Å². The van der Waals surface area contributed by atoms with Gasteiger partial charge in [-0.3, -0.25) is 9.79 Å². The molecule has 26 heavy (non-hydrogen) atoms. The normalized spacial score (nSPS) is 16.7. The molecule has 1 rings (SSSR count). The summed E-state index contributed by atoms with van der Waals surface area (Å²) >= 11 is 0. The first-order chi connectivity index (χ1) is 11.9. The fourth-order valence-corrected chi connectivity index (χ4v) is 3.17. The van der Waals surface area contributed by atoms with Crippen LogP contribution in [0.15, 0.2) is 4.99 Å². The molecule has 0 bridgehead atoms. The zero-order valence-electron chi connectivity index (χ0n) is 17.2. The van der Waals surface area contributed by atoms with Gasteiger partial charge in [-0.05, 0) is 32.1 Å². The molecule has 0 aromatic heterocycles. The Morgan fingerprint density at radius 2 is 1.69 bits per heavy atom. The maximum atomic E-state index is 11.8. The van der Waals surface area contributed by atoms with Crippen LogP contribution in [0.5, 0.6) is 0 Å². The van der Waals surface area contributed by atoms with Crippen LogP contribution in [-0.2, 0) is 9.53 Å². The van der Waals surface area contributed by atoms with E-state index in [4.69, 9.17) is 4.74 Å². The average molecular weight is 482 g/mol. The first-order valence-corrected chi connectivity index (χ1v) is 9.73. The van der Waals surface area contributed by atoms with E-state index >= 15 is 0 Å². The largest absolute Gasteiger partial charge is 0.378 e. The first kappa shape index (κ1) is 25.4. The molecular weight excluding hydrogens is 443 g/mol. The standard InChI is InChI=1S/C19H38N4O2.HI/c1-6-25-16(15-9-7-8-10-15)11-12-22-18(20-5)23-14-13-21-17(24)19(2,3)4;/h15-16H,6-14H2,1-5H3,(H,21,24)(H2,20,22,23);1H. The molecule has 1 aliphatic rings. The lowest BCUT2D eigenvalue weighted by atomic mass is 9.96. The lowest BCUT2D eigenvalue weighted by Gasteiger charge is -2.24. The van der Waals surface area contributed by atoms with Gasteiger partial charge < -0.3 is 20.7 Å². The van der Waals surface area contributed by atoms with Gasteiger partial charge in [0.2, 0.25) is 5.91 Å². The third-order valence-electron chi connectivity index (χ3n) is 4.64. The summed E-state index contributed by atoms with van der Waals surface area (Å²) in [6, 6.07) is 0. The summed E-state index contributed by atoms with van der Waals surface area (Å²) < 4.78 is 5.95. The van der Waals surface area contributed by atoms with Gasteiger partial charge in [0.15, 0.2) is 5.96 Å². The fraction of sp³-hybridized carbons (Fsp3) is 0.895. The number of aliphatic imine (C=N–C) groups is 1. The Balaban J connectivity index is 0.00000625. The zero-order chi connectivity index (χ0) is 18.7. The van der Waals surface area contributed by atoms with Crippen LogP contribution in [0.2, 0.25) is 0 Å². The highest BCUT2D eigenvalue weighted by molar-refractivity contribution is 14.0. The Hall–Kier alpha value is -0.570. The van der Waals surface area contributed by atoms with Gasteiger partial charge in [0, 0.05) is 38.7 Å². The summed E-state index contributed by atoms with van der Waals surface area (Å²) in [6.45, 7) is 10.7. The molecule has 0 spiro atoms. The smallest absolute Gasteiger partial charge is 0.225 e. The Morgan fingerprint density at radius 1 is 1.12 bits per heavy atom. The number of halogens is 1. The number of nitrogens with zero attached hydrogens (tertiary/aromatic N) is 1. The number of hydrogen-bond donors (Lipinski definition) is 3. The molecule has 1 unspecified atom stereocenters. The highest BCUT2D eigenvalue weighted by Gasteiger charge is 2.25. The van der Waals surface area contributed by atoms with E-state index in [2.05, 4.69) is 27.9 Å². The average Bonchev–Trinajstić information content (AvgIpc) is 3.09. The molecule has 1 fully saturated rings. The van der Waals surface area contributed by atoms with Crippen LogP contribution in [0, 0.1) is 11.3 Å². The molecule has 0 aliphatic heterocycles. The van der Waals surface area contributed by atoms with Crippen LogP contribution >= 0.6 is 24.0 Å². The number of hydrogen-bond acceptors (Lipinski definition) is 3. The number of nitrogens with one attached hydrogen (secondary N) is 3. The van der Waals surface area contributed by atoms with Gasteiger partial charge in [-0.2, -0.15) is 0 Å². The van der Waals surface area contributed by atoms with Crippen molar-refractivity contribution in [1.29, 1.82) is 0 Å². The molecule has 0 aromatic rings. The maximum Gasteiger partial charge on any atom is 0.225 e. The van der Waals surface area contributed by atoms with E-state index in [1.54, 1.807) is 7.05 Å². The second kappa shape index (κ2) is 13.6. The van der Waals surface area contributed by atoms with E-state index in [1.807, 2.05) is 20.8 Å². The number of rotatable bonds is 9. The molecule has 0 heterocycles. The van der Waals surface area contributed by atoms with Crippen molar-refractivity contribution in [3.8, 4) is 0 Å². The van der Waals surface area contributed by atoms with Gasteiger partial charge in [0.25, 0.3) is 0 Å². The van der Waals surface area contributed by atoms with Crippen LogP contribution in [0.25, 0.3) is 0 Å². The number of guanidine groups is 1. The van der Waals surface area contributed by atoms with Crippen molar-refractivity contribution >= 4 is 35.8 Å². The molecule has 154 valence electrons. The minimum Gasteiger partial charge on any atom is -0.378 e. The molecule has 1 atom stereocenters. The predicted octanol–water partition coefficient (Wildman–Crippen LogP) is 2.92. The summed E-state index contributed by atoms with van der Waals surface area (Å²) in [5.41, 5.74) is -0.353. The van der Waals surface area contributed by atoms with Gasteiger partial charge >= 0.3 is 0 Å². The van der Waals surface area contributed by atoms with E-state index in [0.717, 1.165) is 25.5 Å². The van der Waals surface area contributed by atoms with Crippen LogP contribution in [0.1, 0.15) is 59.8 Å². The van der Waals surface area contributed by atoms with Gasteiger partial charge in [-0.15, -0.1) is 24.0 Å². The monoisotopic (exact) mass is 482 g/mol. The van der Waals surface area contributed by atoms with Crippen LogP contribution in [0.4, 0.5) is 0 Å². The molecule has 0 radical (unpaired) electrons. The quantitative estimate of drug-likeness (QED) is 0.205. The number of carbonyl (C=O) groups excluding carboxylic acids is 1. The van der Waals surface area contributed by atoms with E-state index < -0.39 is 0 Å². The number of amides is 1. The summed E-state index contributed by atoms with van der Waals surface area (Å²) in [5, 5.41) is 9.51. The van der Waals surface area contributed by atoms with Gasteiger partial charge in [0.05, 0.1) is 6.10 Å². The van der Waals surface area contributed by atoms with Crippen molar-refractivity contribution in [3.05, 3.63) is 0 Å². The van der Waals surface area contributed by atoms with Crippen molar-refractivity contribution in [2.75, 3.05) is 33.3 Å². The number of ether oxygens (including phenoxy) is 1. The van der Waals surface area contributed by atoms with Crippen LogP contribution < -0.4 is 16.0 Å². The summed E-state index contributed by atoms with van der Waals surface area (Å²) in [6.07, 6.45) is 6.62. The fourth-order valence-electron chi connectivity index (χ4n) is 3.17. The summed E-state index contributed by atoms with van der Waals surface area (Å²) in [5.74, 6) is 1.55. The highest BCUT2D eigenvalue weighted by atomic mass is 127. The molecule has 0 saturated heterocycles. The Morgan fingerprint density at radius 3 is 2.23 bits per heavy atom. The first-order valence-electron chi connectivity index (χ1n) is 9.73. The molecule has 0 aromatic carbocycles. The number of carbonyl (C=O) groups is 1. The molecule has 3 N–H and O–H groups in total. The second-order valence-corrected chi connectivity index (χ2v) is 7.76. The molecule has 1 saturated carbocycles. The minimum atomic E-state index is -0.353. The molecular formula is C19H39IN4O2. The zero-order valence-corrected chi connectivity index (χ0v) is 19.5. The summed E-state index contributed by atoms with van der Waals surface area (Å²) in [7, 11) is 1.76. The SMILES string of the molecule is CCOC(CCNC(=NC)NCCNC(=O)C(C)(C)C)C1CCCC1.I. The third kappa shape index (κ3) is 9.94. The predicted molar refractivity (Wildman–Crippen MR) is 119 cm³/mol. The minimum absolute atomic E-state index is 0. The molecule has 1 amide bonds. The second-order valence-electron chi connectivity index (χ2n) is 7.76. The highest BCUT2D eigenvalue weighted by Crippen LogP contribution is 2.30. The Bertz CT molecular complexity index is 418. The van der Waals surface area contributed by atoms with E-state index in [0.29, 0.717) is 25.1 Å². The van der Waals surface area contributed by atoms with Gasteiger partial charge in [-0.25, -0.2) is 0 Å². The van der Waals surface area contributed by atoms with E-state index in [9.17, 15) is 4.79 Å². The lowest BCUT2D eigenvalue weighted by molar-refractivity contribution is -0.128. The van der Waals surface area contributed by atoms with E-state index in [1.165, 1.54) is 25.7 Å². The summed E-state index contributed by atoms with van der Waals surface area (Å²) in [4.78, 5) is 16.0. The molecule has 6 nitrogen and oxygen atoms in total. The van der Waals surface area contributed by atoms with Crippen molar-refractivity contribution < 1.29 is 9.53 Å². The molecule has 1 aliphatic carbocycles. The molecule has 7 heteroatoms. The van der Waals surface area contributed by atoms with Crippen LogP contribution in [-0.4, -0.2) is 51.3 Å². The van der Waals surface area contributed by atoms with Gasteiger partial charge in [-0.1, -0.05) is 33.6 Å². The van der Waals surface area contributed by atoms with Crippen molar-refractivity contribution in [2.45, 2.75) is 65.9 Å². The van der Waals surface area contributed by atoms with Crippen molar-refractivity contribution in [3.63, 3.8) is 0 Å². The Kier molecular flexibility index (Phi) is 13.3. The Labute approximate surface area is 176 Å². The topological polar surface area (TPSA) is 74.8 Å².